The summed E-state index contributed by atoms with van der Waals surface area (Å²) in [6.45, 7) is 0. The third-order valence-electron chi connectivity index (χ3n) is 4.70. The zero-order valence-corrected chi connectivity index (χ0v) is 18.1. The van der Waals surface area contributed by atoms with Crippen LogP contribution in [-0.4, -0.2) is 32.4 Å². The van der Waals surface area contributed by atoms with Crippen LogP contribution in [0.4, 0.5) is 0 Å². The van der Waals surface area contributed by atoms with Gasteiger partial charge in [0.2, 0.25) is 0 Å². The van der Waals surface area contributed by atoms with E-state index in [4.69, 9.17) is 10.2 Å². The molecular formula is C26H20CuO6. The van der Waals surface area contributed by atoms with Crippen LogP contribution in [0.5, 0.6) is 11.5 Å². The molecule has 0 aliphatic heterocycles. The van der Waals surface area contributed by atoms with E-state index in [-0.39, 0.29) is 39.7 Å². The first-order valence-corrected chi connectivity index (χ1v) is 9.61. The Morgan fingerprint density at radius 1 is 0.485 bits per heavy atom. The van der Waals surface area contributed by atoms with E-state index in [9.17, 15) is 19.8 Å². The Labute approximate surface area is 200 Å². The number of para-hydroxylation sites is 2. The maximum absolute atomic E-state index is 10.8. The van der Waals surface area contributed by atoms with Gasteiger partial charge in [-0.3, -0.25) is 0 Å². The quantitative estimate of drug-likeness (QED) is 0.280. The van der Waals surface area contributed by atoms with Crippen LogP contribution in [0.25, 0.3) is 22.3 Å². The van der Waals surface area contributed by atoms with Gasteiger partial charge in [0, 0.05) is 28.2 Å². The minimum absolute atomic E-state index is 0. The zero-order chi connectivity index (χ0) is 23.1. The van der Waals surface area contributed by atoms with Crippen molar-refractivity contribution in [1.82, 2.24) is 0 Å². The van der Waals surface area contributed by atoms with Crippen LogP contribution < -0.4 is 0 Å². The first-order valence-electron chi connectivity index (χ1n) is 9.61. The number of hydrogen-bond donors (Lipinski definition) is 4. The van der Waals surface area contributed by atoms with E-state index in [0.29, 0.717) is 11.1 Å². The molecule has 0 heterocycles. The van der Waals surface area contributed by atoms with Gasteiger partial charge in [-0.15, -0.1) is 0 Å². The summed E-state index contributed by atoms with van der Waals surface area (Å²) < 4.78 is 0. The second kappa shape index (κ2) is 11.5. The Bertz CT molecular complexity index is 1140. The Kier molecular flexibility index (Phi) is 8.80. The van der Waals surface area contributed by atoms with Gasteiger partial charge in [-0.25, -0.2) is 9.59 Å². The molecule has 0 fully saturated rings. The van der Waals surface area contributed by atoms with Crippen LogP contribution in [0.15, 0.2) is 97.1 Å². The Balaban J connectivity index is 0.000000227. The predicted octanol–water partition coefficient (Wildman–Crippen LogP) is 5.51. The normalized spacial score (nSPS) is 9.70. The largest absolute Gasteiger partial charge is 0.506 e. The third-order valence-corrected chi connectivity index (χ3v) is 4.70. The number of phenols is 2. The van der Waals surface area contributed by atoms with Gasteiger partial charge in [-0.2, -0.15) is 0 Å². The summed E-state index contributed by atoms with van der Waals surface area (Å²) in [5, 5.41) is 37.4. The number of carboxylic acid groups (broad SMARTS) is 2. The molecule has 0 aliphatic carbocycles. The van der Waals surface area contributed by atoms with Crippen LogP contribution in [0.2, 0.25) is 0 Å². The number of rotatable bonds is 4. The van der Waals surface area contributed by atoms with E-state index >= 15 is 0 Å². The van der Waals surface area contributed by atoms with Crippen molar-refractivity contribution in [2.45, 2.75) is 0 Å². The molecule has 1 radical (unpaired) electrons. The molecule has 0 atom stereocenters. The summed E-state index contributed by atoms with van der Waals surface area (Å²) >= 11 is 0. The number of aromatic hydroxyl groups is 2. The van der Waals surface area contributed by atoms with Crippen LogP contribution in [0.3, 0.4) is 0 Å². The van der Waals surface area contributed by atoms with Gasteiger partial charge in [0.25, 0.3) is 0 Å². The van der Waals surface area contributed by atoms with Crippen LogP contribution in [-0.2, 0) is 17.1 Å². The molecule has 4 aromatic rings. The fourth-order valence-corrected chi connectivity index (χ4v) is 3.13. The number of hydrogen-bond acceptors (Lipinski definition) is 4. The Morgan fingerprint density at radius 2 is 0.818 bits per heavy atom. The average Bonchev–Trinajstić information content (AvgIpc) is 2.80. The molecule has 33 heavy (non-hydrogen) atoms. The smallest absolute Gasteiger partial charge is 0.339 e. The molecule has 4 N–H and O–H groups in total. The van der Waals surface area contributed by atoms with E-state index in [1.165, 1.54) is 12.1 Å². The second-order valence-electron chi connectivity index (χ2n) is 6.75. The van der Waals surface area contributed by atoms with Gasteiger partial charge in [0.05, 0.1) is 0 Å². The molecule has 6 nitrogen and oxygen atoms in total. The summed E-state index contributed by atoms with van der Waals surface area (Å²) in [5.74, 6) is -2.65. The Hall–Kier alpha value is -4.06. The topological polar surface area (TPSA) is 115 Å². The van der Waals surface area contributed by atoms with Crippen LogP contribution >= 0.6 is 0 Å². The maximum Gasteiger partial charge on any atom is 0.339 e. The number of carbonyl (C=O) groups is 2. The van der Waals surface area contributed by atoms with E-state index in [0.717, 1.165) is 11.1 Å². The van der Waals surface area contributed by atoms with Gasteiger partial charge in [0.15, 0.2) is 0 Å². The van der Waals surface area contributed by atoms with Crippen molar-refractivity contribution in [3.05, 3.63) is 108 Å². The molecule has 7 heteroatoms. The van der Waals surface area contributed by atoms with Crippen LogP contribution in [0.1, 0.15) is 20.7 Å². The van der Waals surface area contributed by atoms with E-state index < -0.39 is 11.9 Å². The summed E-state index contributed by atoms with van der Waals surface area (Å²) in [6.07, 6.45) is 0. The van der Waals surface area contributed by atoms with Crippen molar-refractivity contribution < 1.29 is 47.1 Å². The molecule has 0 aromatic heterocycles. The summed E-state index contributed by atoms with van der Waals surface area (Å²) in [5.41, 5.74) is 2.48. The average molecular weight is 492 g/mol. The van der Waals surface area contributed by atoms with Crippen molar-refractivity contribution in [1.29, 1.82) is 0 Å². The molecule has 0 saturated carbocycles. The molecule has 0 unspecified atom stereocenters. The van der Waals surface area contributed by atoms with Gasteiger partial charge in [-0.05, 0) is 23.3 Å². The maximum atomic E-state index is 10.8. The number of benzene rings is 4. The molecule has 0 saturated heterocycles. The van der Waals surface area contributed by atoms with Gasteiger partial charge < -0.3 is 20.4 Å². The van der Waals surface area contributed by atoms with Gasteiger partial charge >= 0.3 is 11.9 Å². The second-order valence-corrected chi connectivity index (χ2v) is 6.75. The van der Waals surface area contributed by atoms with Crippen molar-refractivity contribution in [2.24, 2.45) is 0 Å². The number of carboxylic acids is 2. The SMILES string of the molecule is O=C(O)c1cccc(-c2ccccc2)c1O.O=C(O)c1cccc(-c2ccccc2)c1O.[Cu]. The van der Waals surface area contributed by atoms with Crippen molar-refractivity contribution in [3.8, 4) is 33.8 Å². The van der Waals surface area contributed by atoms with Gasteiger partial charge in [-0.1, -0.05) is 84.9 Å². The molecule has 4 rings (SSSR count). The minimum atomic E-state index is -1.13. The van der Waals surface area contributed by atoms with Crippen molar-refractivity contribution in [3.63, 3.8) is 0 Å². The molecule has 0 spiro atoms. The van der Waals surface area contributed by atoms with E-state index in [1.54, 1.807) is 24.3 Å². The van der Waals surface area contributed by atoms with E-state index in [1.807, 2.05) is 60.7 Å². The first kappa shape index (κ1) is 25.2. The molecule has 171 valence electrons. The zero-order valence-electron chi connectivity index (χ0n) is 17.1. The summed E-state index contributed by atoms with van der Waals surface area (Å²) in [4.78, 5) is 21.7. The first-order chi connectivity index (χ1) is 15.4. The monoisotopic (exact) mass is 491 g/mol. The summed E-state index contributed by atoms with van der Waals surface area (Å²) in [6, 6.07) is 27.7. The third kappa shape index (κ3) is 6.01. The van der Waals surface area contributed by atoms with E-state index in [2.05, 4.69) is 0 Å². The van der Waals surface area contributed by atoms with Crippen molar-refractivity contribution >= 4 is 11.9 Å². The molecular weight excluding hydrogens is 472 g/mol. The number of aromatic carboxylic acids is 2. The van der Waals surface area contributed by atoms with Crippen LogP contribution in [0, 0.1) is 0 Å². The fraction of sp³-hybridized carbons (Fsp3) is 0. The molecule has 0 bridgehead atoms. The standard InChI is InChI=1S/2C13H10O3.Cu/c2*14-12-10(9-5-2-1-3-6-9)7-4-8-11(12)13(15)16;/h2*1-8,14H,(H,15,16);. The predicted molar refractivity (Wildman–Crippen MR) is 121 cm³/mol. The fourth-order valence-electron chi connectivity index (χ4n) is 3.13. The minimum Gasteiger partial charge on any atom is -0.506 e. The van der Waals surface area contributed by atoms with Gasteiger partial charge in [0.1, 0.15) is 22.6 Å². The molecule has 0 aliphatic rings. The molecule has 0 amide bonds. The summed E-state index contributed by atoms with van der Waals surface area (Å²) in [7, 11) is 0. The molecule has 4 aromatic carbocycles. The van der Waals surface area contributed by atoms with Crippen molar-refractivity contribution in [2.75, 3.05) is 0 Å². The Morgan fingerprint density at radius 3 is 1.12 bits per heavy atom.